The molecule has 3 N–H and O–H groups in total. The Kier molecular flexibility index (Phi) is 4.62. The molecule has 0 saturated carbocycles. The minimum absolute atomic E-state index is 0.0862. The molecule has 0 spiro atoms. The second-order valence-corrected chi connectivity index (χ2v) is 7.48. The number of hydrogen-bond acceptors (Lipinski definition) is 6. The fraction of sp³-hybridized carbons (Fsp3) is 0.615. The molecule has 1 atom stereocenters. The average molecular weight is 300 g/mol. The van der Waals surface area contributed by atoms with E-state index in [0.717, 1.165) is 0 Å². The van der Waals surface area contributed by atoms with Crippen molar-refractivity contribution in [3.05, 3.63) is 23.0 Å². The van der Waals surface area contributed by atoms with Crippen LogP contribution >= 0.6 is 0 Å². The van der Waals surface area contributed by atoms with Gasteiger partial charge in [0.2, 0.25) is 0 Å². The molecule has 1 aromatic heterocycles. The van der Waals surface area contributed by atoms with Crippen molar-refractivity contribution >= 4 is 9.84 Å². The first-order valence-electron chi connectivity index (χ1n) is 6.61. The molecule has 1 aliphatic heterocycles. The van der Waals surface area contributed by atoms with Crippen molar-refractivity contribution in [3.63, 3.8) is 0 Å². The van der Waals surface area contributed by atoms with Gasteiger partial charge in [-0.3, -0.25) is 4.98 Å². The van der Waals surface area contributed by atoms with Crippen molar-refractivity contribution in [2.75, 3.05) is 18.1 Å². The van der Waals surface area contributed by atoms with Crippen LogP contribution in [0.1, 0.15) is 23.2 Å². The Morgan fingerprint density at radius 2 is 2.25 bits per heavy atom. The number of nitrogens with one attached hydrogen (secondary N) is 1. The number of aromatic hydroxyl groups is 1. The number of pyridine rings is 1. The summed E-state index contributed by atoms with van der Waals surface area (Å²) < 4.78 is 22.7. The smallest absolute Gasteiger partial charge is 0.150 e. The van der Waals surface area contributed by atoms with Crippen molar-refractivity contribution in [3.8, 4) is 5.75 Å². The molecular formula is C13H20N2O4S. The number of nitrogens with zero attached hydrogens (tertiary/aromatic N) is 1. The van der Waals surface area contributed by atoms with Crippen LogP contribution in [0, 0.1) is 12.8 Å². The lowest BCUT2D eigenvalue weighted by atomic mass is 10.1. The lowest BCUT2D eigenvalue weighted by molar-refractivity contribution is 0.278. The van der Waals surface area contributed by atoms with Crippen molar-refractivity contribution < 1.29 is 18.6 Å². The number of aromatic nitrogens is 1. The highest BCUT2D eigenvalue weighted by atomic mass is 32.2. The van der Waals surface area contributed by atoms with Crippen LogP contribution < -0.4 is 5.32 Å². The van der Waals surface area contributed by atoms with Gasteiger partial charge in [-0.1, -0.05) is 0 Å². The molecule has 1 fully saturated rings. The molecule has 7 heteroatoms. The normalized spacial score (nSPS) is 21.2. The molecule has 0 radical (unpaired) electrons. The zero-order chi connectivity index (χ0) is 14.8. The van der Waals surface area contributed by atoms with Gasteiger partial charge in [0.15, 0.2) is 9.84 Å². The van der Waals surface area contributed by atoms with E-state index in [0.29, 0.717) is 36.3 Å². The van der Waals surface area contributed by atoms with E-state index in [-0.39, 0.29) is 29.8 Å². The fourth-order valence-electron chi connectivity index (χ4n) is 2.45. The lowest BCUT2D eigenvalue weighted by Crippen LogP contribution is -2.24. The number of aliphatic hydroxyl groups is 1. The zero-order valence-corrected chi connectivity index (χ0v) is 12.3. The number of aliphatic hydroxyl groups excluding tert-OH is 1. The number of hydrogen-bond donors (Lipinski definition) is 3. The van der Waals surface area contributed by atoms with E-state index in [1.54, 1.807) is 13.1 Å². The third-order valence-electron chi connectivity index (χ3n) is 3.66. The molecule has 0 aliphatic carbocycles. The van der Waals surface area contributed by atoms with E-state index in [4.69, 9.17) is 0 Å². The summed E-state index contributed by atoms with van der Waals surface area (Å²) in [5.41, 5.74) is 1.72. The Bertz CT molecular complexity index is 586. The summed E-state index contributed by atoms with van der Waals surface area (Å²) in [6.07, 6.45) is 2.23. The van der Waals surface area contributed by atoms with Crippen LogP contribution in [0.2, 0.25) is 0 Å². The summed E-state index contributed by atoms with van der Waals surface area (Å²) in [4.78, 5) is 4.00. The van der Waals surface area contributed by atoms with E-state index in [1.807, 2.05) is 0 Å². The van der Waals surface area contributed by atoms with E-state index < -0.39 is 9.84 Å². The molecule has 0 aromatic carbocycles. The maximum Gasteiger partial charge on any atom is 0.150 e. The predicted octanol–water partition coefficient (Wildman–Crippen LogP) is 0.112. The van der Waals surface area contributed by atoms with Gasteiger partial charge in [-0.05, 0) is 25.8 Å². The standard InChI is InChI=1S/C13H20N2O4S/c1-9-13(17)12(11(7-16)5-15-9)6-14-4-10-2-3-20(18,19)8-10/h5,10,14,16-17H,2-4,6-8H2,1H3. The first-order valence-corrected chi connectivity index (χ1v) is 8.43. The highest BCUT2D eigenvalue weighted by molar-refractivity contribution is 7.91. The summed E-state index contributed by atoms with van der Waals surface area (Å²) in [7, 11) is -2.86. The molecule has 1 aliphatic rings. The molecule has 2 heterocycles. The van der Waals surface area contributed by atoms with Crippen molar-refractivity contribution in [1.29, 1.82) is 0 Å². The number of aryl methyl sites for hydroxylation is 1. The van der Waals surface area contributed by atoms with Gasteiger partial charge in [-0.25, -0.2) is 8.42 Å². The van der Waals surface area contributed by atoms with E-state index >= 15 is 0 Å². The minimum atomic E-state index is -2.86. The molecule has 0 bridgehead atoms. The molecule has 2 rings (SSSR count). The number of rotatable bonds is 5. The summed E-state index contributed by atoms with van der Waals surface area (Å²) in [6, 6.07) is 0. The fourth-order valence-corrected chi connectivity index (χ4v) is 4.31. The molecule has 112 valence electrons. The maximum absolute atomic E-state index is 11.4. The van der Waals surface area contributed by atoms with Gasteiger partial charge in [0.25, 0.3) is 0 Å². The SMILES string of the molecule is Cc1ncc(CO)c(CNCC2CCS(=O)(=O)C2)c1O. The summed E-state index contributed by atoms with van der Waals surface area (Å²) in [5.74, 6) is 0.709. The van der Waals surface area contributed by atoms with Gasteiger partial charge in [-0.2, -0.15) is 0 Å². The van der Waals surface area contributed by atoms with Crippen LogP contribution in [0.4, 0.5) is 0 Å². The quantitative estimate of drug-likeness (QED) is 0.714. The monoisotopic (exact) mass is 300 g/mol. The average Bonchev–Trinajstić information content (AvgIpc) is 2.74. The van der Waals surface area contributed by atoms with Gasteiger partial charge in [-0.15, -0.1) is 0 Å². The molecule has 1 aromatic rings. The topological polar surface area (TPSA) is 99.5 Å². The van der Waals surface area contributed by atoms with Gasteiger partial charge in [0, 0.05) is 23.9 Å². The van der Waals surface area contributed by atoms with Crippen molar-refractivity contribution in [1.82, 2.24) is 10.3 Å². The van der Waals surface area contributed by atoms with E-state index in [9.17, 15) is 18.6 Å². The Hall–Kier alpha value is -1.18. The third kappa shape index (κ3) is 3.47. The van der Waals surface area contributed by atoms with Gasteiger partial charge in [0.1, 0.15) is 5.75 Å². The van der Waals surface area contributed by atoms with Crippen molar-refractivity contribution in [2.24, 2.45) is 5.92 Å². The van der Waals surface area contributed by atoms with Crippen LogP contribution in [0.5, 0.6) is 5.75 Å². The third-order valence-corrected chi connectivity index (χ3v) is 5.50. The zero-order valence-electron chi connectivity index (χ0n) is 11.5. The molecule has 20 heavy (non-hydrogen) atoms. The van der Waals surface area contributed by atoms with Crippen LogP contribution in [0.15, 0.2) is 6.20 Å². The lowest BCUT2D eigenvalue weighted by Gasteiger charge is -2.14. The summed E-state index contributed by atoms with van der Waals surface area (Å²) in [5, 5.41) is 22.4. The molecule has 0 amide bonds. The van der Waals surface area contributed by atoms with E-state index in [2.05, 4.69) is 10.3 Å². The van der Waals surface area contributed by atoms with E-state index in [1.165, 1.54) is 0 Å². The molecular weight excluding hydrogens is 280 g/mol. The van der Waals surface area contributed by atoms with Crippen LogP contribution in [0.3, 0.4) is 0 Å². The van der Waals surface area contributed by atoms with Crippen LogP contribution in [-0.2, 0) is 23.0 Å². The van der Waals surface area contributed by atoms with Crippen molar-refractivity contribution in [2.45, 2.75) is 26.5 Å². The van der Waals surface area contributed by atoms with Gasteiger partial charge in [0.05, 0.1) is 23.8 Å². The maximum atomic E-state index is 11.4. The number of sulfone groups is 1. The Labute approximate surface area is 118 Å². The molecule has 1 unspecified atom stereocenters. The summed E-state index contributed by atoms with van der Waals surface area (Å²) in [6.45, 7) is 2.49. The highest BCUT2D eigenvalue weighted by Crippen LogP contribution is 2.24. The Morgan fingerprint density at radius 3 is 2.85 bits per heavy atom. The summed E-state index contributed by atoms with van der Waals surface area (Å²) >= 11 is 0. The largest absolute Gasteiger partial charge is 0.506 e. The van der Waals surface area contributed by atoms with Gasteiger partial charge >= 0.3 is 0 Å². The molecule has 1 saturated heterocycles. The highest BCUT2D eigenvalue weighted by Gasteiger charge is 2.27. The minimum Gasteiger partial charge on any atom is -0.506 e. The first-order chi connectivity index (χ1) is 9.43. The predicted molar refractivity (Wildman–Crippen MR) is 75.0 cm³/mol. The van der Waals surface area contributed by atoms with Crippen LogP contribution in [0.25, 0.3) is 0 Å². The first kappa shape index (κ1) is 15.2. The molecule has 6 nitrogen and oxygen atoms in total. The van der Waals surface area contributed by atoms with Gasteiger partial charge < -0.3 is 15.5 Å². The second kappa shape index (κ2) is 6.07. The Balaban J connectivity index is 1.96. The Morgan fingerprint density at radius 1 is 1.50 bits per heavy atom. The van der Waals surface area contributed by atoms with Crippen LogP contribution in [-0.4, -0.2) is 41.7 Å². The second-order valence-electron chi connectivity index (χ2n) is 5.25.